The quantitative estimate of drug-likeness (QED) is 0.546. The fraction of sp³-hybridized carbons (Fsp3) is 0.296. The first-order chi connectivity index (χ1) is 14.1. The van der Waals surface area contributed by atoms with Crippen molar-refractivity contribution >= 4 is 5.91 Å². The van der Waals surface area contributed by atoms with Crippen LogP contribution in [-0.2, 0) is 16.6 Å². The number of rotatable bonds is 2. The number of hydrogen-bond donors (Lipinski definition) is 0. The van der Waals surface area contributed by atoms with Crippen molar-refractivity contribution in [3.8, 4) is 22.3 Å². The maximum absolute atomic E-state index is 12.2. The Morgan fingerprint density at radius 3 is 2.31 bits per heavy atom. The zero-order valence-electron chi connectivity index (χ0n) is 17.2. The molecule has 0 spiro atoms. The van der Waals surface area contributed by atoms with Crippen LogP contribution in [0.25, 0.3) is 22.3 Å². The normalized spacial score (nSPS) is 23.4. The Balaban J connectivity index is 1.52. The van der Waals surface area contributed by atoms with Crippen LogP contribution in [0.15, 0.2) is 72.8 Å². The Labute approximate surface area is 173 Å². The van der Waals surface area contributed by atoms with Crippen molar-refractivity contribution in [2.24, 2.45) is 0 Å². The Hall–Kier alpha value is -2.87. The summed E-state index contributed by atoms with van der Waals surface area (Å²) < 4.78 is 0. The minimum Gasteiger partial charge on any atom is -0.342 e. The maximum Gasteiger partial charge on any atom is 0.222 e. The first-order valence-electron chi connectivity index (χ1n) is 10.6. The second kappa shape index (κ2) is 6.88. The summed E-state index contributed by atoms with van der Waals surface area (Å²) in [6.07, 6.45) is 3.71. The molecule has 0 saturated carbocycles. The molecular weight excluding hydrogens is 354 g/mol. The molecular formula is C27H27NO. The number of likely N-dealkylation sites (N-methyl/N-ethyl adjacent to an activating group) is 1. The van der Waals surface area contributed by atoms with Crippen molar-refractivity contribution in [3.05, 3.63) is 83.9 Å². The van der Waals surface area contributed by atoms with Gasteiger partial charge in [-0.1, -0.05) is 73.7 Å². The third kappa shape index (κ3) is 2.98. The van der Waals surface area contributed by atoms with Crippen LogP contribution in [-0.4, -0.2) is 23.9 Å². The lowest BCUT2D eigenvalue weighted by Crippen LogP contribution is -2.56. The van der Waals surface area contributed by atoms with E-state index >= 15 is 0 Å². The SMILES string of the molecule is CN1C(=O)CC[C@]2(C)c3ccc(-c4cccc(-c5ccccc5)c4)cc3CC[C@@H]12. The van der Waals surface area contributed by atoms with Gasteiger partial charge < -0.3 is 4.90 Å². The topological polar surface area (TPSA) is 20.3 Å². The standard InChI is InChI=1S/C27H27NO/c1-27-16-15-26(29)28(2)25(27)14-12-23-18-22(11-13-24(23)27)21-10-6-9-20(17-21)19-7-4-3-5-8-19/h3-11,13,17-18,25H,12,14-16H2,1-2H3/t25-,27-/m1/s1. The number of amides is 1. The van der Waals surface area contributed by atoms with Crippen LogP contribution in [0.3, 0.4) is 0 Å². The van der Waals surface area contributed by atoms with E-state index in [-0.39, 0.29) is 5.41 Å². The van der Waals surface area contributed by atoms with Crippen molar-refractivity contribution in [1.29, 1.82) is 0 Å². The lowest BCUT2D eigenvalue weighted by atomic mass is 9.63. The average molecular weight is 382 g/mol. The number of aryl methyl sites for hydroxylation is 1. The summed E-state index contributed by atoms with van der Waals surface area (Å²) in [6, 6.07) is 26.7. The van der Waals surface area contributed by atoms with E-state index in [2.05, 4.69) is 79.7 Å². The van der Waals surface area contributed by atoms with Gasteiger partial charge in [-0.25, -0.2) is 0 Å². The first kappa shape index (κ1) is 18.2. The van der Waals surface area contributed by atoms with Gasteiger partial charge in [-0.2, -0.15) is 0 Å². The van der Waals surface area contributed by atoms with Crippen LogP contribution < -0.4 is 0 Å². The molecule has 0 unspecified atom stereocenters. The van der Waals surface area contributed by atoms with Gasteiger partial charge in [-0.3, -0.25) is 4.79 Å². The molecule has 1 fully saturated rings. The molecule has 2 aliphatic rings. The predicted molar refractivity (Wildman–Crippen MR) is 119 cm³/mol. The zero-order chi connectivity index (χ0) is 20.0. The molecule has 0 N–H and O–H groups in total. The molecule has 3 aromatic rings. The molecule has 0 aromatic heterocycles. The Morgan fingerprint density at radius 2 is 1.52 bits per heavy atom. The van der Waals surface area contributed by atoms with Crippen LogP contribution in [0.5, 0.6) is 0 Å². The summed E-state index contributed by atoms with van der Waals surface area (Å²) in [7, 11) is 1.98. The van der Waals surface area contributed by atoms with E-state index in [1.165, 1.54) is 33.4 Å². The number of carbonyl (C=O) groups is 1. The van der Waals surface area contributed by atoms with Gasteiger partial charge in [-0.15, -0.1) is 0 Å². The van der Waals surface area contributed by atoms with E-state index in [1.54, 1.807) is 0 Å². The first-order valence-corrected chi connectivity index (χ1v) is 10.6. The van der Waals surface area contributed by atoms with E-state index < -0.39 is 0 Å². The van der Waals surface area contributed by atoms with Crippen LogP contribution in [0.1, 0.15) is 37.3 Å². The van der Waals surface area contributed by atoms with Gasteiger partial charge in [-0.05, 0) is 58.7 Å². The smallest absolute Gasteiger partial charge is 0.222 e. The summed E-state index contributed by atoms with van der Waals surface area (Å²) in [5.74, 6) is 0.297. The van der Waals surface area contributed by atoms with Crippen molar-refractivity contribution in [2.75, 3.05) is 7.05 Å². The molecule has 1 aliphatic heterocycles. The molecule has 2 nitrogen and oxygen atoms in total. The third-order valence-corrected chi connectivity index (χ3v) is 7.17. The number of piperidine rings is 1. The van der Waals surface area contributed by atoms with Gasteiger partial charge in [0.2, 0.25) is 5.91 Å². The molecule has 1 aliphatic carbocycles. The highest BCUT2D eigenvalue weighted by Crippen LogP contribution is 2.46. The molecule has 2 atom stereocenters. The van der Waals surface area contributed by atoms with E-state index in [0.717, 1.165) is 19.3 Å². The second-order valence-electron chi connectivity index (χ2n) is 8.80. The highest BCUT2D eigenvalue weighted by Gasteiger charge is 2.46. The zero-order valence-corrected chi connectivity index (χ0v) is 17.2. The number of likely N-dealkylation sites (tertiary alicyclic amines) is 1. The molecule has 0 bridgehead atoms. The lowest BCUT2D eigenvalue weighted by Gasteiger charge is -2.50. The van der Waals surface area contributed by atoms with Gasteiger partial charge >= 0.3 is 0 Å². The molecule has 1 amide bonds. The number of fused-ring (bicyclic) bond motifs is 3. The van der Waals surface area contributed by atoms with Gasteiger partial charge in [0.25, 0.3) is 0 Å². The molecule has 0 radical (unpaired) electrons. The fourth-order valence-corrected chi connectivity index (χ4v) is 5.48. The highest BCUT2D eigenvalue weighted by atomic mass is 16.2. The van der Waals surface area contributed by atoms with Gasteiger partial charge in [0.05, 0.1) is 0 Å². The molecule has 1 heterocycles. The second-order valence-corrected chi connectivity index (χ2v) is 8.80. The molecule has 3 aromatic carbocycles. The van der Waals surface area contributed by atoms with E-state index in [9.17, 15) is 4.79 Å². The molecule has 5 rings (SSSR count). The van der Waals surface area contributed by atoms with E-state index in [4.69, 9.17) is 0 Å². The van der Waals surface area contributed by atoms with Crippen LogP contribution in [0, 0.1) is 0 Å². The number of carbonyl (C=O) groups excluding carboxylic acids is 1. The van der Waals surface area contributed by atoms with Crippen molar-refractivity contribution in [1.82, 2.24) is 4.90 Å². The fourth-order valence-electron chi connectivity index (χ4n) is 5.48. The van der Waals surface area contributed by atoms with Crippen LogP contribution >= 0.6 is 0 Å². The summed E-state index contributed by atoms with van der Waals surface area (Å²) in [6.45, 7) is 2.36. The molecule has 1 saturated heterocycles. The third-order valence-electron chi connectivity index (χ3n) is 7.17. The Bertz CT molecular complexity index is 1070. The van der Waals surface area contributed by atoms with Gasteiger partial charge in [0.1, 0.15) is 0 Å². The van der Waals surface area contributed by atoms with Gasteiger partial charge in [0.15, 0.2) is 0 Å². The van der Waals surface area contributed by atoms with Crippen molar-refractivity contribution in [3.63, 3.8) is 0 Å². The summed E-state index contributed by atoms with van der Waals surface area (Å²) in [5.41, 5.74) is 8.00. The number of benzene rings is 3. The minimum absolute atomic E-state index is 0.0701. The Morgan fingerprint density at radius 1 is 0.828 bits per heavy atom. The van der Waals surface area contributed by atoms with Crippen LogP contribution in [0.2, 0.25) is 0 Å². The molecule has 146 valence electrons. The number of hydrogen-bond acceptors (Lipinski definition) is 1. The average Bonchev–Trinajstić information content (AvgIpc) is 2.77. The highest BCUT2D eigenvalue weighted by molar-refractivity contribution is 5.78. The summed E-state index contributed by atoms with van der Waals surface area (Å²) in [4.78, 5) is 14.2. The monoisotopic (exact) mass is 381 g/mol. The predicted octanol–water partition coefficient (Wildman–Crippen LogP) is 5.85. The summed E-state index contributed by atoms with van der Waals surface area (Å²) in [5, 5.41) is 0. The number of nitrogens with zero attached hydrogens (tertiary/aromatic N) is 1. The summed E-state index contributed by atoms with van der Waals surface area (Å²) >= 11 is 0. The van der Waals surface area contributed by atoms with E-state index in [0.29, 0.717) is 18.4 Å². The van der Waals surface area contributed by atoms with Gasteiger partial charge in [0, 0.05) is 24.9 Å². The minimum atomic E-state index is 0.0701. The molecule has 2 heteroatoms. The largest absolute Gasteiger partial charge is 0.342 e. The van der Waals surface area contributed by atoms with E-state index in [1.807, 2.05) is 11.9 Å². The Kier molecular flexibility index (Phi) is 4.31. The van der Waals surface area contributed by atoms with Crippen molar-refractivity contribution in [2.45, 2.75) is 44.1 Å². The maximum atomic E-state index is 12.2. The molecule has 29 heavy (non-hydrogen) atoms. The lowest BCUT2D eigenvalue weighted by molar-refractivity contribution is -0.138. The van der Waals surface area contributed by atoms with Crippen LogP contribution in [0.4, 0.5) is 0 Å². The van der Waals surface area contributed by atoms with Crippen molar-refractivity contribution < 1.29 is 4.79 Å².